The molecule has 3 aliphatic heterocycles. The van der Waals surface area contributed by atoms with Crippen LogP contribution >= 0.6 is 19.1 Å². The summed E-state index contributed by atoms with van der Waals surface area (Å²) in [5.41, 5.74) is -0.678. The Hall–Kier alpha value is -5.55. The van der Waals surface area contributed by atoms with Crippen LogP contribution < -0.4 is 24.2 Å². The molecule has 0 bridgehead atoms. The van der Waals surface area contributed by atoms with Crippen molar-refractivity contribution >= 4 is 52.9 Å². The molecular formula is C43H45FN5O10PS2. The average Bonchev–Trinajstić information content (AvgIpc) is 3.71. The third-order valence-corrected chi connectivity index (χ3v) is 15.6. The van der Waals surface area contributed by atoms with Gasteiger partial charge in [-0.25, -0.2) is 27.3 Å². The highest BCUT2D eigenvalue weighted by atomic mass is 32.2. The molecule has 4 heterocycles. The zero-order valence-corrected chi connectivity index (χ0v) is 35.9. The van der Waals surface area contributed by atoms with E-state index >= 15 is 0 Å². The molecule has 4 aliphatic rings. The molecule has 4 aromatic rings. The maximum absolute atomic E-state index is 14.7. The van der Waals surface area contributed by atoms with Crippen LogP contribution in [0.3, 0.4) is 0 Å². The van der Waals surface area contributed by atoms with Crippen molar-refractivity contribution in [1.82, 2.24) is 24.9 Å². The second-order valence-corrected chi connectivity index (χ2v) is 20.1. The van der Waals surface area contributed by atoms with Crippen molar-refractivity contribution in [2.45, 2.75) is 86.0 Å². The third-order valence-electron chi connectivity index (χ3n) is 11.3. The van der Waals surface area contributed by atoms with Gasteiger partial charge in [0.1, 0.15) is 45.3 Å². The van der Waals surface area contributed by atoms with Crippen LogP contribution in [0.5, 0.6) is 11.5 Å². The Labute approximate surface area is 362 Å². The van der Waals surface area contributed by atoms with Gasteiger partial charge in [-0.3, -0.25) is 19.3 Å². The van der Waals surface area contributed by atoms with Crippen LogP contribution in [0.4, 0.5) is 9.18 Å². The lowest BCUT2D eigenvalue weighted by Crippen LogP contribution is -2.57. The number of fused-ring (bicyclic) bond motifs is 3. The van der Waals surface area contributed by atoms with Gasteiger partial charge in [0, 0.05) is 24.4 Å². The van der Waals surface area contributed by atoms with Crippen molar-refractivity contribution < 1.29 is 50.3 Å². The Morgan fingerprint density at radius 2 is 1.63 bits per heavy atom. The normalized spacial score (nSPS) is 24.6. The lowest BCUT2D eigenvalue weighted by atomic mass is 10.1. The first-order valence-electron chi connectivity index (χ1n) is 20.3. The Morgan fingerprint density at radius 1 is 0.903 bits per heavy atom. The number of amides is 4. The zero-order chi connectivity index (χ0) is 43.5. The minimum atomic E-state index is -4.53. The highest BCUT2D eigenvalue weighted by molar-refractivity contribution is 7.91. The molecule has 19 heteroatoms. The lowest BCUT2D eigenvalue weighted by Gasteiger charge is -2.30. The minimum absolute atomic E-state index is 0.00871. The second kappa shape index (κ2) is 18.0. The summed E-state index contributed by atoms with van der Waals surface area (Å²) < 4.78 is 76.1. The summed E-state index contributed by atoms with van der Waals surface area (Å²) in [5, 5.41) is 6.92. The number of allylic oxidation sites excluding steroid dienone is 1. The van der Waals surface area contributed by atoms with Crippen LogP contribution in [-0.2, 0) is 46.8 Å². The minimum Gasteiger partial charge on any atom is -0.444 e. The summed E-state index contributed by atoms with van der Waals surface area (Å²) in [4.78, 5) is 59.8. The summed E-state index contributed by atoms with van der Waals surface area (Å²) in [7, 11) is -8.68. The number of ether oxygens (including phenoxy) is 1. The number of para-hydroxylation sites is 2. The molecule has 1 aromatic heterocycles. The SMILES string of the molecule is O=C1N[C@]2(C(=O)NP(=O)(Oc3ccccc3)Oc3ccccc3)CC2/C=C\CCCCC[C@H](NS(=O)(=O)c2cccs2)C(=O)N2C[C@H](OC(=O)N3Cc4cccc(F)c4C3)C[C@@H]12. The van der Waals surface area contributed by atoms with Gasteiger partial charge in [-0.15, -0.1) is 11.3 Å². The summed E-state index contributed by atoms with van der Waals surface area (Å²) >= 11 is 0.988. The molecule has 0 radical (unpaired) electrons. The van der Waals surface area contributed by atoms with Crippen LogP contribution in [0, 0.1) is 11.7 Å². The zero-order valence-electron chi connectivity index (χ0n) is 33.4. The van der Waals surface area contributed by atoms with Crippen molar-refractivity contribution in [3.05, 3.63) is 125 Å². The van der Waals surface area contributed by atoms with Crippen molar-refractivity contribution in [2.75, 3.05) is 6.54 Å². The summed E-state index contributed by atoms with van der Waals surface area (Å²) in [6.45, 7) is -0.218. The van der Waals surface area contributed by atoms with Crippen LogP contribution in [0.1, 0.15) is 56.1 Å². The largest absolute Gasteiger partial charge is 0.543 e. The number of carbonyl (C=O) groups excluding carboxylic acids is 4. The van der Waals surface area contributed by atoms with Crippen LogP contribution in [0.25, 0.3) is 0 Å². The topological polar surface area (TPSA) is 190 Å². The van der Waals surface area contributed by atoms with Gasteiger partial charge in [0.05, 0.1) is 13.1 Å². The van der Waals surface area contributed by atoms with E-state index in [4.69, 9.17) is 13.8 Å². The standard InChI is InChI=1S/C43H45FN5O10PS2/c44-35-20-12-14-29-26-48(28-34(29)35)42(53)57-33-24-37-39(50)45-43(41(52)46-60(54,58-31-16-7-4-8-17-31)59-32-18-9-5-10-19-32)25-30(43)15-6-2-1-3-11-21-36(40(51)49(37)27-33)47-62(55,56)38-22-13-23-61-38/h4-10,12-20,22-23,30,33,36-37,47H,1-3,11,21,24-28H2,(H,45,50)(H,46,52,54)/b15-6-/t30?,33-,36+,37+,43-/m1/s1. The molecule has 1 saturated heterocycles. The molecular weight excluding hydrogens is 861 g/mol. The molecule has 0 spiro atoms. The van der Waals surface area contributed by atoms with E-state index in [1.165, 1.54) is 21.9 Å². The molecule has 5 atom stereocenters. The molecule has 8 rings (SSSR count). The quantitative estimate of drug-likeness (QED) is 0.118. The molecule has 2 fully saturated rings. The monoisotopic (exact) mass is 905 g/mol. The van der Waals surface area contributed by atoms with E-state index in [0.29, 0.717) is 36.8 Å². The Bertz CT molecular complexity index is 2450. The number of nitrogens with one attached hydrogen (secondary N) is 3. The van der Waals surface area contributed by atoms with Gasteiger partial charge >= 0.3 is 13.8 Å². The number of halogens is 1. The van der Waals surface area contributed by atoms with Gasteiger partial charge in [0.2, 0.25) is 11.8 Å². The summed E-state index contributed by atoms with van der Waals surface area (Å²) in [5.74, 6) is -3.07. The number of nitrogens with zero attached hydrogens (tertiary/aromatic N) is 2. The fourth-order valence-electron chi connectivity index (χ4n) is 8.06. The molecule has 1 unspecified atom stereocenters. The van der Waals surface area contributed by atoms with Crippen LogP contribution in [0.2, 0.25) is 0 Å². The molecule has 326 valence electrons. The maximum atomic E-state index is 14.7. The third kappa shape index (κ3) is 9.58. The van der Waals surface area contributed by atoms with Crippen molar-refractivity contribution in [3.8, 4) is 11.5 Å². The molecule has 1 aliphatic carbocycles. The lowest BCUT2D eigenvalue weighted by molar-refractivity contribution is -0.141. The predicted molar refractivity (Wildman–Crippen MR) is 226 cm³/mol. The molecule has 3 aromatic carbocycles. The van der Waals surface area contributed by atoms with E-state index < -0.39 is 77.0 Å². The molecule has 62 heavy (non-hydrogen) atoms. The van der Waals surface area contributed by atoms with E-state index in [2.05, 4.69) is 15.1 Å². The molecule has 4 amide bonds. The number of sulfonamides is 1. The number of thiophene rings is 1. The van der Waals surface area contributed by atoms with Gasteiger partial charge in [-0.2, -0.15) is 4.72 Å². The first-order valence-corrected chi connectivity index (χ1v) is 24.2. The fourth-order valence-corrected chi connectivity index (χ4v) is 11.7. The van der Waals surface area contributed by atoms with Gasteiger partial charge in [0.15, 0.2) is 0 Å². The van der Waals surface area contributed by atoms with Crippen molar-refractivity contribution in [3.63, 3.8) is 0 Å². The van der Waals surface area contributed by atoms with Gasteiger partial charge in [-0.1, -0.05) is 79.6 Å². The predicted octanol–water partition coefficient (Wildman–Crippen LogP) is 6.43. The van der Waals surface area contributed by atoms with E-state index in [-0.39, 0.29) is 54.6 Å². The Kier molecular flexibility index (Phi) is 12.5. The first kappa shape index (κ1) is 43.1. The van der Waals surface area contributed by atoms with Gasteiger partial charge < -0.3 is 24.0 Å². The van der Waals surface area contributed by atoms with E-state index in [9.17, 15) is 36.6 Å². The van der Waals surface area contributed by atoms with Crippen molar-refractivity contribution in [2.24, 2.45) is 5.92 Å². The van der Waals surface area contributed by atoms with Crippen LogP contribution in [0.15, 0.2) is 113 Å². The fraction of sp³-hybridized carbons (Fsp3) is 0.349. The number of hydrogen-bond acceptors (Lipinski definition) is 11. The number of benzene rings is 3. The number of rotatable bonds is 10. The Morgan fingerprint density at radius 3 is 2.31 bits per heavy atom. The van der Waals surface area contributed by atoms with Gasteiger partial charge in [-0.05, 0) is 73.0 Å². The second-order valence-electron chi connectivity index (χ2n) is 15.7. The number of hydrogen-bond donors (Lipinski definition) is 3. The van der Waals surface area contributed by atoms with Gasteiger partial charge in [0.25, 0.3) is 15.9 Å². The molecule has 1 saturated carbocycles. The van der Waals surface area contributed by atoms with E-state index in [1.54, 1.807) is 84.2 Å². The first-order chi connectivity index (χ1) is 29.8. The highest BCUT2D eigenvalue weighted by Crippen LogP contribution is 2.50. The summed E-state index contributed by atoms with van der Waals surface area (Å²) in [6.07, 6.45) is 4.31. The number of carbonyl (C=O) groups is 4. The Balaban J connectivity index is 1.08. The van der Waals surface area contributed by atoms with E-state index in [0.717, 1.165) is 11.3 Å². The summed E-state index contributed by atoms with van der Waals surface area (Å²) in [6, 6.07) is 21.2. The van der Waals surface area contributed by atoms with E-state index in [1.807, 2.05) is 12.2 Å². The highest BCUT2D eigenvalue weighted by Gasteiger charge is 2.62. The molecule has 15 nitrogen and oxygen atoms in total. The maximum Gasteiger partial charge on any atom is 0.543 e. The smallest absolute Gasteiger partial charge is 0.444 e. The molecule has 3 N–H and O–H groups in total. The van der Waals surface area contributed by atoms with Crippen molar-refractivity contribution in [1.29, 1.82) is 0 Å². The average molecular weight is 906 g/mol. The van der Waals surface area contributed by atoms with Crippen LogP contribution in [-0.4, -0.2) is 72.3 Å².